The molecular formula is C29H27N2O+. The molecule has 0 amide bonds. The third-order valence-corrected chi connectivity index (χ3v) is 6.31. The van der Waals surface area contributed by atoms with Crippen LogP contribution in [0.5, 0.6) is 0 Å². The summed E-state index contributed by atoms with van der Waals surface area (Å²) >= 11 is 0. The molecule has 6 rings (SSSR count). The van der Waals surface area contributed by atoms with Crippen LogP contribution >= 0.6 is 0 Å². The molecule has 3 aromatic carbocycles. The highest BCUT2D eigenvalue weighted by Crippen LogP contribution is 2.43. The Morgan fingerprint density at radius 1 is 1.06 bits per heavy atom. The molecule has 0 unspecified atom stereocenters. The van der Waals surface area contributed by atoms with Gasteiger partial charge in [0.1, 0.15) is 18.2 Å². The summed E-state index contributed by atoms with van der Waals surface area (Å²) in [6, 6.07) is 15.5. The van der Waals surface area contributed by atoms with Crippen LogP contribution in [0.1, 0.15) is 36.0 Å². The van der Waals surface area contributed by atoms with Gasteiger partial charge in [-0.25, -0.2) is 0 Å². The topological polar surface area (TPSA) is 29.9 Å². The van der Waals surface area contributed by atoms with Gasteiger partial charge in [0, 0.05) is 21.8 Å². The third-order valence-electron chi connectivity index (χ3n) is 6.31. The minimum atomic E-state index is -1.82. The zero-order valence-electron chi connectivity index (χ0n) is 22.7. The van der Waals surface area contributed by atoms with Crippen molar-refractivity contribution < 1.29 is 14.5 Å². The van der Waals surface area contributed by atoms with Gasteiger partial charge in [-0.1, -0.05) is 56.3 Å². The number of fused-ring (bicyclic) bond motifs is 4. The van der Waals surface area contributed by atoms with Crippen LogP contribution < -0.4 is 4.57 Å². The molecule has 5 aromatic rings. The van der Waals surface area contributed by atoms with Crippen LogP contribution in [0.4, 0.5) is 0 Å². The summed E-state index contributed by atoms with van der Waals surface area (Å²) in [5.74, 6) is 0. The molecule has 32 heavy (non-hydrogen) atoms. The van der Waals surface area contributed by atoms with Gasteiger partial charge in [-0.05, 0) is 53.4 Å². The number of hydrogen-bond donors (Lipinski definition) is 0. The van der Waals surface area contributed by atoms with E-state index in [1.165, 1.54) is 0 Å². The predicted molar refractivity (Wildman–Crippen MR) is 129 cm³/mol. The average molecular weight is 424 g/mol. The quantitative estimate of drug-likeness (QED) is 0.300. The van der Waals surface area contributed by atoms with Gasteiger partial charge in [-0.3, -0.25) is 4.98 Å². The van der Waals surface area contributed by atoms with Gasteiger partial charge in [-0.2, -0.15) is 4.57 Å². The number of hydrogen-bond acceptors (Lipinski definition) is 2. The molecule has 2 aromatic heterocycles. The van der Waals surface area contributed by atoms with Gasteiger partial charge < -0.3 is 4.42 Å². The van der Waals surface area contributed by atoms with Crippen LogP contribution in [0.15, 0.2) is 71.5 Å². The van der Waals surface area contributed by atoms with Gasteiger partial charge in [0.15, 0.2) is 6.20 Å². The Balaban J connectivity index is 1.63. The molecule has 0 aliphatic heterocycles. The van der Waals surface area contributed by atoms with Gasteiger partial charge in [-0.15, -0.1) is 0 Å². The van der Waals surface area contributed by atoms with E-state index in [4.69, 9.17) is 9.90 Å². The highest BCUT2D eigenvalue weighted by atomic mass is 16.3. The highest BCUT2D eigenvalue weighted by molar-refractivity contribution is 6.15. The lowest BCUT2D eigenvalue weighted by molar-refractivity contribution is -0.660. The van der Waals surface area contributed by atoms with Crippen LogP contribution in [-0.2, 0) is 19.8 Å². The first-order valence-corrected chi connectivity index (χ1v) is 10.9. The fourth-order valence-corrected chi connectivity index (χ4v) is 4.84. The summed E-state index contributed by atoms with van der Waals surface area (Å²) < 4.78 is 43.4. The number of nitrogens with zero attached hydrogens (tertiary/aromatic N) is 2. The van der Waals surface area contributed by atoms with E-state index in [0.717, 1.165) is 49.9 Å². The largest absolute Gasteiger partial charge is 0.455 e. The second kappa shape index (κ2) is 6.77. The fraction of sp³-hybridized carbons (Fsp3) is 0.241. The Kier molecular flexibility index (Phi) is 3.25. The lowest BCUT2D eigenvalue weighted by Crippen LogP contribution is -2.30. The molecule has 0 spiro atoms. The Hall–Kier alpha value is -3.46. The zero-order valence-corrected chi connectivity index (χ0v) is 18.7. The van der Waals surface area contributed by atoms with Crippen molar-refractivity contribution in [1.29, 1.82) is 0 Å². The van der Waals surface area contributed by atoms with E-state index >= 15 is 0 Å². The van der Waals surface area contributed by atoms with E-state index in [-0.39, 0.29) is 0 Å². The standard InChI is InChI=1S/C29H27N2O/c1-18-8-11-25-27(26(18)24-17-30-12-13-31(24)4)23-7-5-6-22(28(23)32-25)19-9-10-20-15-29(2,3)16-21(20)14-19/h5-14,17H,15-16H2,1-4H3/q+1/i15D2,16D2. The maximum Gasteiger partial charge on any atom is 0.231 e. The van der Waals surface area contributed by atoms with E-state index in [1.807, 2.05) is 43.7 Å². The SMILES string of the molecule is [2H]C1([2H])c2ccc(-c3cccc4c3oc3ccc(C)c(-c5cncc[n+]5C)c34)cc2C([2H])([2H])C1(C)C. The second-order valence-electron chi connectivity index (χ2n) is 9.12. The molecule has 0 bridgehead atoms. The molecule has 0 radical (unpaired) electrons. The number of para-hydroxylation sites is 1. The first-order chi connectivity index (χ1) is 17.0. The van der Waals surface area contributed by atoms with Crippen molar-refractivity contribution in [3.8, 4) is 22.4 Å². The highest BCUT2D eigenvalue weighted by Gasteiger charge is 2.28. The van der Waals surface area contributed by atoms with E-state index < -0.39 is 18.2 Å². The summed E-state index contributed by atoms with van der Waals surface area (Å²) in [4.78, 5) is 4.35. The molecule has 0 N–H and O–H groups in total. The smallest absolute Gasteiger partial charge is 0.231 e. The van der Waals surface area contributed by atoms with Crippen molar-refractivity contribution in [1.82, 2.24) is 4.98 Å². The van der Waals surface area contributed by atoms with Gasteiger partial charge in [0.25, 0.3) is 0 Å². The summed E-state index contributed by atoms with van der Waals surface area (Å²) in [6.07, 6.45) is 1.97. The normalized spacial score (nSPS) is 19.9. The molecule has 0 saturated heterocycles. The van der Waals surface area contributed by atoms with Crippen LogP contribution in [0.3, 0.4) is 0 Å². The van der Waals surface area contributed by atoms with Crippen molar-refractivity contribution in [2.75, 3.05) is 0 Å². The minimum Gasteiger partial charge on any atom is -0.455 e. The van der Waals surface area contributed by atoms with Crippen molar-refractivity contribution in [2.24, 2.45) is 12.5 Å². The third kappa shape index (κ3) is 2.88. The average Bonchev–Trinajstić information content (AvgIpc) is 3.26. The Labute approximate surface area is 194 Å². The molecular weight excluding hydrogens is 392 g/mol. The lowest BCUT2D eigenvalue weighted by Gasteiger charge is -2.14. The van der Waals surface area contributed by atoms with E-state index in [9.17, 15) is 0 Å². The maximum absolute atomic E-state index is 8.80. The first-order valence-electron chi connectivity index (χ1n) is 12.9. The monoisotopic (exact) mass is 423 g/mol. The summed E-state index contributed by atoms with van der Waals surface area (Å²) in [5.41, 5.74) is 5.97. The number of aromatic nitrogens is 2. The molecule has 158 valence electrons. The number of benzene rings is 3. The van der Waals surface area contributed by atoms with Crippen molar-refractivity contribution in [2.45, 2.75) is 33.5 Å². The molecule has 1 aliphatic rings. The summed E-state index contributed by atoms with van der Waals surface area (Å²) in [5, 5.41) is 1.99. The summed E-state index contributed by atoms with van der Waals surface area (Å²) in [7, 11) is 2.00. The van der Waals surface area contributed by atoms with Crippen molar-refractivity contribution in [3.05, 3.63) is 83.8 Å². The number of aryl methyl sites for hydroxylation is 2. The second-order valence-corrected chi connectivity index (χ2v) is 9.12. The molecule has 3 nitrogen and oxygen atoms in total. The van der Waals surface area contributed by atoms with Crippen molar-refractivity contribution in [3.63, 3.8) is 0 Å². The molecule has 3 heteroatoms. The Morgan fingerprint density at radius 2 is 1.91 bits per heavy atom. The summed E-state index contributed by atoms with van der Waals surface area (Å²) in [6.45, 7) is 5.41. The molecule has 2 heterocycles. The Morgan fingerprint density at radius 3 is 2.75 bits per heavy atom. The molecule has 0 fully saturated rings. The van der Waals surface area contributed by atoms with Gasteiger partial charge in [0.05, 0.1) is 18.0 Å². The first kappa shape index (κ1) is 15.4. The van der Waals surface area contributed by atoms with Crippen LogP contribution in [0.25, 0.3) is 44.3 Å². The fourth-order valence-electron chi connectivity index (χ4n) is 4.84. The van der Waals surface area contributed by atoms with E-state index in [0.29, 0.717) is 11.1 Å². The van der Waals surface area contributed by atoms with Crippen LogP contribution in [0.2, 0.25) is 0 Å². The molecule has 0 saturated carbocycles. The lowest BCUT2D eigenvalue weighted by atomic mass is 9.90. The van der Waals surface area contributed by atoms with Gasteiger partial charge in [0.2, 0.25) is 5.69 Å². The van der Waals surface area contributed by atoms with E-state index in [2.05, 4.69) is 28.6 Å². The number of rotatable bonds is 2. The predicted octanol–water partition coefficient (Wildman–Crippen LogP) is 6.57. The van der Waals surface area contributed by atoms with Crippen LogP contribution in [-0.4, -0.2) is 4.98 Å². The Bertz CT molecular complexity index is 1700. The molecule has 1 aliphatic carbocycles. The van der Waals surface area contributed by atoms with Crippen molar-refractivity contribution >= 4 is 21.9 Å². The minimum absolute atomic E-state index is 0.405. The number of furan rings is 1. The zero-order chi connectivity index (χ0) is 25.6. The molecule has 0 atom stereocenters. The van der Waals surface area contributed by atoms with E-state index in [1.54, 1.807) is 32.2 Å². The van der Waals surface area contributed by atoms with Crippen LogP contribution in [0, 0.1) is 12.3 Å². The van der Waals surface area contributed by atoms with Gasteiger partial charge >= 0.3 is 0 Å². The maximum atomic E-state index is 8.80.